The summed E-state index contributed by atoms with van der Waals surface area (Å²) in [4.78, 5) is 13.8. The molecule has 1 spiro atoms. The predicted molar refractivity (Wildman–Crippen MR) is 85.0 cm³/mol. The lowest BCUT2D eigenvalue weighted by molar-refractivity contribution is 0.0384. The monoisotopic (exact) mass is 330 g/mol. The highest BCUT2D eigenvalue weighted by molar-refractivity contribution is 6.30. The first-order valence-corrected chi connectivity index (χ1v) is 7.42. The average Bonchev–Trinajstić information content (AvgIpc) is 2.43. The van der Waals surface area contributed by atoms with E-state index in [4.69, 9.17) is 16.3 Å². The zero-order valence-corrected chi connectivity index (χ0v) is 13.4. The van der Waals surface area contributed by atoms with Gasteiger partial charge in [0.15, 0.2) is 0 Å². The summed E-state index contributed by atoms with van der Waals surface area (Å²) >= 11 is 5.91. The van der Waals surface area contributed by atoms with Crippen molar-refractivity contribution in [1.29, 1.82) is 0 Å². The van der Waals surface area contributed by atoms with Crippen molar-refractivity contribution in [3.8, 4) is 0 Å². The minimum Gasteiger partial charge on any atom is -0.445 e. The lowest BCUT2D eigenvalue weighted by Crippen LogP contribution is -2.58. The van der Waals surface area contributed by atoms with E-state index in [1.807, 2.05) is 29.2 Å². The fourth-order valence-electron chi connectivity index (χ4n) is 2.86. The Morgan fingerprint density at radius 3 is 2.62 bits per heavy atom. The number of hydrogen-bond acceptors (Lipinski definition) is 3. The Morgan fingerprint density at radius 1 is 1.33 bits per heavy atom. The highest BCUT2D eigenvalue weighted by atomic mass is 35.5. The molecule has 2 saturated heterocycles. The van der Waals surface area contributed by atoms with E-state index in [9.17, 15) is 4.79 Å². The second kappa shape index (κ2) is 6.86. The van der Waals surface area contributed by atoms with Crippen molar-refractivity contribution in [1.82, 2.24) is 10.2 Å². The Bertz CT molecular complexity index is 496. The van der Waals surface area contributed by atoms with E-state index >= 15 is 0 Å². The zero-order chi connectivity index (χ0) is 14.0. The van der Waals surface area contributed by atoms with Crippen LogP contribution in [0.25, 0.3) is 0 Å². The molecule has 0 atom stereocenters. The van der Waals surface area contributed by atoms with Crippen LogP contribution in [0.5, 0.6) is 0 Å². The summed E-state index contributed by atoms with van der Waals surface area (Å²) in [6, 6.07) is 7.40. The highest BCUT2D eigenvalue weighted by Crippen LogP contribution is 2.35. The van der Waals surface area contributed by atoms with E-state index in [1.165, 1.54) is 0 Å². The van der Waals surface area contributed by atoms with Crippen molar-refractivity contribution in [2.24, 2.45) is 5.41 Å². The van der Waals surface area contributed by atoms with E-state index in [2.05, 4.69) is 5.32 Å². The number of ether oxygens (including phenoxy) is 1. The van der Waals surface area contributed by atoms with Crippen LogP contribution in [-0.4, -0.2) is 37.2 Å². The van der Waals surface area contributed by atoms with Crippen molar-refractivity contribution in [2.45, 2.75) is 19.4 Å². The predicted octanol–water partition coefficient (Wildman–Crippen LogP) is 3.08. The van der Waals surface area contributed by atoms with Crippen molar-refractivity contribution in [2.75, 3.05) is 26.2 Å². The fourth-order valence-corrected chi connectivity index (χ4v) is 3.07. The van der Waals surface area contributed by atoms with Gasteiger partial charge in [0.2, 0.25) is 0 Å². The average molecular weight is 331 g/mol. The number of likely N-dealkylation sites (tertiary alicyclic amines) is 1. The first-order valence-electron chi connectivity index (χ1n) is 7.04. The molecule has 1 aromatic rings. The van der Waals surface area contributed by atoms with Crippen molar-refractivity contribution < 1.29 is 9.53 Å². The molecule has 4 nitrogen and oxygen atoms in total. The van der Waals surface area contributed by atoms with Gasteiger partial charge in [-0.25, -0.2) is 4.79 Å². The number of carbonyl (C=O) groups excluding carboxylic acids is 1. The van der Waals surface area contributed by atoms with Crippen molar-refractivity contribution in [3.05, 3.63) is 34.9 Å². The van der Waals surface area contributed by atoms with E-state index in [0.717, 1.165) is 44.6 Å². The summed E-state index contributed by atoms with van der Waals surface area (Å²) in [7, 11) is 0. The van der Waals surface area contributed by atoms with Crippen LogP contribution in [-0.2, 0) is 11.3 Å². The van der Waals surface area contributed by atoms with Gasteiger partial charge in [-0.2, -0.15) is 0 Å². The maximum atomic E-state index is 12.0. The van der Waals surface area contributed by atoms with Crippen molar-refractivity contribution >= 4 is 30.1 Å². The summed E-state index contributed by atoms with van der Waals surface area (Å²) < 4.78 is 5.36. The smallest absolute Gasteiger partial charge is 0.410 e. The van der Waals surface area contributed by atoms with Gasteiger partial charge in [-0.1, -0.05) is 23.7 Å². The summed E-state index contributed by atoms with van der Waals surface area (Å²) in [6.45, 7) is 4.07. The molecule has 6 heteroatoms. The topological polar surface area (TPSA) is 41.6 Å². The van der Waals surface area contributed by atoms with Crippen LogP contribution in [0, 0.1) is 5.41 Å². The third kappa shape index (κ3) is 3.82. The van der Waals surface area contributed by atoms with E-state index in [-0.39, 0.29) is 25.1 Å². The molecule has 21 heavy (non-hydrogen) atoms. The third-order valence-corrected chi connectivity index (χ3v) is 4.57. The van der Waals surface area contributed by atoms with Gasteiger partial charge in [0.1, 0.15) is 6.61 Å². The number of piperidine rings is 1. The summed E-state index contributed by atoms with van der Waals surface area (Å²) in [6.07, 6.45) is 1.94. The number of benzene rings is 1. The number of halogens is 2. The van der Waals surface area contributed by atoms with Gasteiger partial charge in [0, 0.05) is 31.2 Å². The molecular formula is C15H20Cl2N2O2. The Labute approximate surface area is 136 Å². The molecule has 1 N–H and O–H groups in total. The maximum absolute atomic E-state index is 12.0. The standard InChI is InChI=1S/C15H19ClN2O2.ClH/c16-13-3-1-2-12(8-13)9-20-14(19)18-6-4-15(5-7-18)10-17-11-15;/h1-3,8,17H,4-7,9-11H2;1H. The van der Waals surface area contributed by atoms with Crippen molar-refractivity contribution in [3.63, 3.8) is 0 Å². The lowest BCUT2D eigenvalue weighted by atomic mass is 9.73. The molecule has 2 aliphatic heterocycles. The van der Waals surface area contributed by atoms with Crippen LogP contribution in [0.15, 0.2) is 24.3 Å². The molecule has 3 rings (SSSR count). The van der Waals surface area contributed by atoms with Gasteiger partial charge >= 0.3 is 6.09 Å². The SMILES string of the molecule is Cl.O=C(OCc1cccc(Cl)c1)N1CCC2(CC1)CNC2. The first-order chi connectivity index (χ1) is 9.67. The van der Waals surface area contributed by atoms with Crippen LogP contribution in [0.3, 0.4) is 0 Å². The van der Waals surface area contributed by atoms with E-state index in [0.29, 0.717) is 10.4 Å². The number of nitrogens with one attached hydrogen (secondary N) is 1. The molecule has 1 amide bonds. The number of nitrogens with zero attached hydrogens (tertiary/aromatic N) is 1. The minimum absolute atomic E-state index is 0. The van der Waals surface area contributed by atoms with Crippen LogP contribution >= 0.6 is 24.0 Å². The normalized spacial score (nSPS) is 19.6. The summed E-state index contributed by atoms with van der Waals surface area (Å²) in [5.74, 6) is 0. The Balaban J connectivity index is 0.00000161. The second-order valence-corrected chi connectivity index (χ2v) is 6.21. The molecule has 116 valence electrons. The van der Waals surface area contributed by atoms with Crippen LogP contribution in [0.4, 0.5) is 4.79 Å². The van der Waals surface area contributed by atoms with Gasteiger partial charge in [-0.05, 0) is 36.0 Å². The second-order valence-electron chi connectivity index (χ2n) is 5.78. The molecule has 0 saturated carbocycles. The Morgan fingerprint density at radius 2 is 2.05 bits per heavy atom. The molecule has 2 fully saturated rings. The van der Waals surface area contributed by atoms with Crippen LogP contribution in [0.1, 0.15) is 18.4 Å². The Hall–Kier alpha value is -0.970. The zero-order valence-electron chi connectivity index (χ0n) is 11.8. The number of amides is 1. The molecule has 0 radical (unpaired) electrons. The van der Waals surface area contributed by atoms with Crippen LogP contribution < -0.4 is 5.32 Å². The highest BCUT2D eigenvalue weighted by Gasteiger charge is 2.40. The number of carbonyl (C=O) groups is 1. The van der Waals surface area contributed by atoms with Gasteiger partial charge in [0.05, 0.1) is 0 Å². The van der Waals surface area contributed by atoms with E-state index < -0.39 is 0 Å². The minimum atomic E-state index is -0.216. The maximum Gasteiger partial charge on any atom is 0.410 e. The fraction of sp³-hybridized carbons (Fsp3) is 0.533. The molecule has 0 aromatic heterocycles. The van der Waals surface area contributed by atoms with Gasteiger partial charge in [0.25, 0.3) is 0 Å². The van der Waals surface area contributed by atoms with Gasteiger partial charge < -0.3 is 15.0 Å². The molecule has 2 aliphatic rings. The van der Waals surface area contributed by atoms with Gasteiger partial charge in [-0.15, -0.1) is 12.4 Å². The third-order valence-electron chi connectivity index (χ3n) is 4.33. The first kappa shape index (κ1) is 16.4. The Kier molecular flexibility index (Phi) is 5.36. The molecule has 0 aliphatic carbocycles. The number of rotatable bonds is 2. The van der Waals surface area contributed by atoms with Gasteiger partial charge in [-0.3, -0.25) is 0 Å². The van der Waals surface area contributed by atoms with E-state index in [1.54, 1.807) is 0 Å². The molecule has 1 aromatic carbocycles. The quantitative estimate of drug-likeness (QED) is 0.905. The summed E-state index contributed by atoms with van der Waals surface area (Å²) in [5.41, 5.74) is 1.37. The van der Waals surface area contributed by atoms with Crippen LogP contribution in [0.2, 0.25) is 5.02 Å². The molecule has 2 heterocycles. The molecular weight excluding hydrogens is 311 g/mol. The largest absolute Gasteiger partial charge is 0.445 e. The number of hydrogen-bond donors (Lipinski definition) is 1. The lowest BCUT2D eigenvalue weighted by Gasteiger charge is -2.48. The molecule has 0 bridgehead atoms. The molecule has 0 unspecified atom stereocenters. The summed E-state index contributed by atoms with van der Waals surface area (Å²) in [5, 5.41) is 3.98.